The van der Waals surface area contributed by atoms with Crippen LogP contribution in [0.25, 0.3) is 11.1 Å². The van der Waals surface area contributed by atoms with Gasteiger partial charge in [-0.1, -0.05) is 94.4 Å². The van der Waals surface area contributed by atoms with Crippen LogP contribution in [0.2, 0.25) is 0 Å². The topological polar surface area (TPSA) is 56.8 Å². The third-order valence-electron chi connectivity index (χ3n) is 8.70. The molecule has 0 atom stereocenters. The van der Waals surface area contributed by atoms with Gasteiger partial charge in [0.1, 0.15) is 30.5 Å². The SMILES string of the molecule is CCCCCCOc1ccc(C2(c3ccc(OCCOc4ccc(NC(C)=O)cc4)cc3)c3cc(Br)ccc3-c3ccc(Br)cc32)cc1. The zero-order valence-electron chi connectivity index (χ0n) is 27.2. The van der Waals surface area contributed by atoms with Gasteiger partial charge in [0.15, 0.2) is 0 Å². The molecule has 0 saturated carbocycles. The van der Waals surface area contributed by atoms with E-state index >= 15 is 0 Å². The Hall–Kier alpha value is -4.07. The number of unbranched alkanes of at least 4 members (excludes halogenated alkanes) is 3. The number of amides is 1. The Morgan fingerprint density at radius 3 is 1.52 bits per heavy atom. The van der Waals surface area contributed by atoms with Crippen molar-refractivity contribution in [1.82, 2.24) is 0 Å². The Kier molecular flexibility index (Phi) is 10.9. The number of fused-ring (bicyclic) bond motifs is 3. The van der Waals surface area contributed by atoms with Crippen molar-refractivity contribution in [3.63, 3.8) is 0 Å². The summed E-state index contributed by atoms with van der Waals surface area (Å²) in [5.41, 5.74) is 7.40. The van der Waals surface area contributed by atoms with Crippen LogP contribution in [0.3, 0.4) is 0 Å². The van der Waals surface area contributed by atoms with E-state index in [4.69, 9.17) is 14.2 Å². The molecule has 0 unspecified atom stereocenters. The minimum Gasteiger partial charge on any atom is -0.494 e. The van der Waals surface area contributed by atoms with Crippen molar-refractivity contribution in [3.05, 3.63) is 140 Å². The van der Waals surface area contributed by atoms with E-state index in [0.717, 1.165) is 44.7 Å². The van der Waals surface area contributed by atoms with Gasteiger partial charge in [-0.2, -0.15) is 0 Å². The van der Waals surface area contributed by atoms with E-state index in [1.165, 1.54) is 54.0 Å². The number of halogens is 2. The Balaban J connectivity index is 1.27. The van der Waals surface area contributed by atoms with E-state index in [9.17, 15) is 4.79 Å². The van der Waals surface area contributed by atoms with Crippen LogP contribution < -0.4 is 19.5 Å². The first kappa shape index (κ1) is 33.8. The molecule has 0 saturated heterocycles. The van der Waals surface area contributed by atoms with Crippen LogP contribution in [0.1, 0.15) is 61.8 Å². The first-order valence-corrected chi connectivity index (χ1v) is 18.0. The smallest absolute Gasteiger partial charge is 0.221 e. The van der Waals surface area contributed by atoms with Gasteiger partial charge in [0.05, 0.1) is 12.0 Å². The summed E-state index contributed by atoms with van der Waals surface area (Å²) in [6.45, 7) is 5.22. The molecule has 5 aromatic rings. The zero-order valence-corrected chi connectivity index (χ0v) is 30.4. The maximum Gasteiger partial charge on any atom is 0.221 e. The van der Waals surface area contributed by atoms with Crippen LogP contribution in [0.15, 0.2) is 118 Å². The number of carbonyl (C=O) groups is 1. The van der Waals surface area contributed by atoms with Crippen LogP contribution in [0.4, 0.5) is 5.69 Å². The predicted molar refractivity (Wildman–Crippen MR) is 201 cm³/mol. The minimum atomic E-state index is -0.553. The second-order valence-corrected chi connectivity index (χ2v) is 13.8. The summed E-state index contributed by atoms with van der Waals surface area (Å²) >= 11 is 7.56. The molecule has 6 rings (SSSR count). The second-order valence-electron chi connectivity index (χ2n) is 12.0. The van der Waals surface area contributed by atoms with Gasteiger partial charge in [-0.25, -0.2) is 0 Å². The highest BCUT2D eigenvalue weighted by molar-refractivity contribution is 9.10. The van der Waals surface area contributed by atoms with Crippen molar-refractivity contribution in [3.8, 4) is 28.4 Å². The summed E-state index contributed by atoms with van der Waals surface area (Å²) in [5.74, 6) is 2.27. The summed E-state index contributed by atoms with van der Waals surface area (Å²) < 4.78 is 20.2. The monoisotopic (exact) mass is 767 g/mol. The third-order valence-corrected chi connectivity index (χ3v) is 9.68. The molecule has 1 aliphatic rings. The Bertz CT molecular complexity index is 1800. The number of benzene rings is 5. The molecular formula is C41H39Br2NO4. The summed E-state index contributed by atoms with van der Waals surface area (Å²) in [4.78, 5) is 11.3. The lowest BCUT2D eigenvalue weighted by atomic mass is 9.67. The molecule has 48 heavy (non-hydrogen) atoms. The average Bonchev–Trinajstić information content (AvgIpc) is 3.36. The number of nitrogens with one attached hydrogen (secondary N) is 1. The van der Waals surface area contributed by atoms with Crippen LogP contribution in [0.5, 0.6) is 17.2 Å². The van der Waals surface area contributed by atoms with Gasteiger partial charge in [-0.15, -0.1) is 0 Å². The van der Waals surface area contributed by atoms with Crippen molar-refractivity contribution < 1.29 is 19.0 Å². The molecule has 5 aromatic carbocycles. The fraction of sp³-hybridized carbons (Fsp3) is 0.244. The zero-order chi connectivity index (χ0) is 33.5. The standard InChI is InChI=1S/C41H39Br2NO4/c1-3-4-5-6-23-46-34-15-7-29(8-16-34)41(39-26-31(42)11-21-37(39)38-22-12-32(43)27-40(38)41)30-9-17-35(18-10-30)47-24-25-48-36-19-13-33(14-20-36)44-28(2)45/h7-22,26-27H,3-6,23-25H2,1-2H3,(H,44,45). The number of anilines is 1. The number of ether oxygens (including phenoxy) is 3. The summed E-state index contributed by atoms with van der Waals surface area (Å²) in [6, 6.07) is 37.6. The molecule has 1 N–H and O–H groups in total. The van der Waals surface area contributed by atoms with Gasteiger partial charge in [0.2, 0.25) is 5.91 Å². The number of carbonyl (C=O) groups excluding carboxylic acids is 1. The maximum atomic E-state index is 11.3. The first-order valence-electron chi connectivity index (χ1n) is 16.5. The lowest BCUT2D eigenvalue weighted by molar-refractivity contribution is -0.114. The molecule has 0 bridgehead atoms. The molecule has 1 aliphatic carbocycles. The molecule has 0 fully saturated rings. The Morgan fingerprint density at radius 1 is 0.604 bits per heavy atom. The number of hydrogen-bond donors (Lipinski definition) is 1. The highest BCUT2D eigenvalue weighted by atomic mass is 79.9. The average molecular weight is 770 g/mol. The molecule has 1 amide bonds. The van der Waals surface area contributed by atoms with Crippen molar-refractivity contribution in [2.24, 2.45) is 0 Å². The Labute approximate surface area is 299 Å². The van der Waals surface area contributed by atoms with Crippen LogP contribution in [-0.4, -0.2) is 25.7 Å². The fourth-order valence-corrected chi connectivity index (χ4v) is 7.26. The lowest BCUT2D eigenvalue weighted by Crippen LogP contribution is -2.28. The van der Waals surface area contributed by atoms with E-state index in [-0.39, 0.29) is 5.91 Å². The molecule has 0 aliphatic heterocycles. The molecule has 0 spiro atoms. The summed E-state index contributed by atoms with van der Waals surface area (Å²) in [5, 5.41) is 2.76. The van der Waals surface area contributed by atoms with E-state index in [2.05, 4.69) is 117 Å². The van der Waals surface area contributed by atoms with Crippen molar-refractivity contribution in [1.29, 1.82) is 0 Å². The highest BCUT2D eigenvalue weighted by Gasteiger charge is 2.46. The second kappa shape index (κ2) is 15.4. The van der Waals surface area contributed by atoms with Gasteiger partial charge < -0.3 is 19.5 Å². The van der Waals surface area contributed by atoms with E-state index in [1.54, 1.807) is 0 Å². The van der Waals surface area contributed by atoms with E-state index in [1.807, 2.05) is 36.4 Å². The van der Waals surface area contributed by atoms with Gasteiger partial charge in [0.25, 0.3) is 0 Å². The maximum absolute atomic E-state index is 11.3. The van der Waals surface area contributed by atoms with Crippen LogP contribution in [-0.2, 0) is 10.2 Å². The van der Waals surface area contributed by atoms with Crippen LogP contribution in [0, 0.1) is 0 Å². The van der Waals surface area contributed by atoms with Gasteiger partial charge in [-0.05, 0) is 113 Å². The van der Waals surface area contributed by atoms with E-state index < -0.39 is 5.41 Å². The molecule has 0 heterocycles. The largest absolute Gasteiger partial charge is 0.494 e. The summed E-state index contributed by atoms with van der Waals surface area (Å²) in [7, 11) is 0. The summed E-state index contributed by atoms with van der Waals surface area (Å²) in [6.07, 6.45) is 4.71. The molecule has 0 radical (unpaired) electrons. The number of hydrogen-bond acceptors (Lipinski definition) is 4. The predicted octanol–water partition coefficient (Wildman–Crippen LogP) is 10.9. The molecule has 246 valence electrons. The van der Waals surface area contributed by atoms with E-state index in [0.29, 0.717) is 19.0 Å². The molecule has 5 nitrogen and oxygen atoms in total. The first-order chi connectivity index (χ1) is 23.4. The minimum absolute atomic E-state index is 0.105. The Morgan fingerprint density at radius 2 is 1.06 bits per heavy atom. The molecular weight excluding hydrogens is 730 g/mol. The van der Waals surface area contributed by atoms with Crippen molar-refractivity contribution in [2.45, 2.75) is 44.9 Å². The highest BCUT2D eigenvalue weighted by Crippen LogP contribution is 2.57. The van der Waals surface area contributed by atoms with Crippen LogP contribution >= 0.6 is 31.9 Å². The quantitative estimate of drug-likeness (QED) is 0.112. The molecule has 7 heteroatoms. The van der Waals surface area contributed by atoms with Gasteiger partial charge in [0, 0.05) is 21.6 Å². The van der Waals surface area contributed by atoms with Gasteiger partial charge >= 0.3 is 0 Å². The van der Waals surface area contributed by atoms with Crippen molar-refractivity contribution in [2.75, 3.05) is 25.1 Å². The molecule has 0 aromatic heterocycles. The van der Waals surface area contributed by atoms with Crippen molar-refractivity contribution >= 4 is 43.5 Å². The lowest BCUT2D eigenvalue weighted by Gasteiger charge is -2.34. The third kappa shape index (κ3) is 7.32. The fourth-order valence-electron chi connectivity index (χ4n) is 6.53. The normalized spacial score (nSPS) is 12.6. The number of rotatable bonds is 14. The van der Waals surface area contributed by atoms with Gasteiger partial charge in [-0.3, -0.25) is 4.79 Å².